The number of allylic oxidation sites excluding steroid dienone is 1. The molecule has 0 heterocycles. The Hall–Kier alpha value is -2.44. The zero-order valence-corrected chi connectivity index (χ0v) is 17.9. The van der Waals surface area contributed by atoms with Crippen molar-refractivity contribution in [3.05, 3.63) is 65.2 Å². The zero-order valence-electron chi connectivity index (χ0n) is 16.3. The van der Waals surface area contributed by atoms with E-state index in [9.17, 15) is 4.79 Å². The van der Waals surface area contributed by atoms with Gasteiger partial charge in [0, 0.05) is 16.9 Å². The third kappa shape index (κ3) is 8.62. The summed E-state index contributed by atoms with van der Waals surface area (Å²) in [5.74, 6) is 1.84. The van der Waals surface area contributed by atoms with Crippen LogP contribution >= 0.6 is 23.4 Å². The van der Waals surface area contributed by atoms with Gasteiger partial charge in [-0.15, -0.1) is 0 Å². The van der Waals surface area contributed by atoms with Crippen LogP contribution in [-0.4, -0.2) is 23.5 Å². The maximum absolute atomic E-state index is 12.0. The van der Waals surface area contributed by atoms with Crippen LogP contribution < -0.4 is 10.5 Å². The predicted octanol–water partition coefficient (Wildman–Crippen LogP) is 5.88. The average Bonchev–Trinajstić information content (AvgIpc) is 2.69. The van der Waals surface area contributed by atoms with Gasteiger partial charge in [-0.25, -0.2) is 4.79 Å². The van der Waals surface area contributed by atoms with Crippen LogP contribution in [0.4, 0.5) is 0 Å². The van der Waals surface area contributed by atoms with Crippen LogP contribution in [0.5, 0.6) is 11.5 Å². The molecule has 0 unspecified atom stereocenters. The van der Waals surface area contributed by atoms with Crippen molar-refractivity contribution in [3.8, 4) is 11.5 Å². The number of ether oxygens (including phenoxy) is 2. The summed E-state index contributed by atoms with van der Waals surface area (Å²) in [5, 5.41) is 8.03. The van der Waals surface area contributed by atoms with Gasteiger partial charge in [0.1, 0.15) is 11.5 Å². The van der Waals surface area contributed by atoms with Crippen LogP contribution in [0.15, 0.2) is 54.6 Å². The SMILES string of the molecule is CCOC(=O)C=C(CCCCSC(=N)N)c1ccc(Oc2ccc(Cl)cc2)cc1. The van der Waals surface area contributed by atoms with E-state index >= 15 is 0 Å². The van der Waals surface area contributed by atoms with Gasteiger partial charge in [0.05, 0.1) is 6.61 Å². The summed E-state index contributed by atoms with van der Waals surface area (Å²) in [7, 11) is 0. The summed E-state index contributed by atoms with van der Waals surface area (Å²) in [6, 6.07) is 14.8. The molecule has 0 spiro atoms. The van der Waals surface area contributed by atoms with Gasteiger partial charge in [-0.05, 0) is 73.7 Å². The van der Waals surface area contributed by atoms with E-state index in [1.165, 1.54) is 11.8 Å². The van der Waals surface area contributed by atoms with Gasteiger partial charge in [-0.3, -0.25) is 5.41 Å². The number of amidine groups is 1. The van der Waals surface area contributed by atoms with E-state index in [1.807, 2.05) is 24.3 Å². The largest absolute Gasteiger partial charge is 0.463 e. The van der Waals surface area contributed by atoms with E-state index in [0.717, 1.165) is 36.2 Å². The second-order valence-electron chi connectivity index (χ2n) is 6.17. The number of thioether (sulfide) groups is 1. The molecular formula is C22H25ClN2O3S. The summed E-state index contributed by atoms with van der Waals surface area (Å²) in [6.07, 6.45) is 4.07. The highest BCUT2D eigenvalue weighted by molar-refractivity contribution is 8.13. The summed E-state index contributed by atoms with van der Waals surface area (Å²) < 4.78 is 10.9. The molecule has 2 aromatic rings. The van der Waals surface area contributed by atoms with Crippen LogP contribution in [0.3, 0.4) is 0 Å². The number of benzene rings is 2. The van der Waals surface area contributed by atoms with Gasteiger partial charge in [0.2, 0.25) is 0 Å². The molecular weight excluding hydrogens is 408 g/mol. The van der Waals surface area contributed by atoms with Crippen LogP contribution in [-0.2, 0) is 9.53 Å². The standard InChI is InChI=1S/C22H25ClN2O3S/c1-2-27-21(26)15-17(5-3-4-14-29-22(24)25)16-6-10-19(11-7-16)28-20-12-8-18(23)9-13-20/h6-13,15H,2-5,14H2,1H3,(H3,24,25). The molecule has 7 heteroatoms. The maximum atomic E-state index is 12.0. The molecule has 0 saturated heterocycles. The van der Waals surface area contributed by atoms with Gasteiger partial charge in [0.15, 0.2) is 5.17 Å². The molecule has 2 rings (SSSR count). The number of halogens is 1. The number of rotatable bonds is 10. The first-order valence-corrected chi connectivity index (χ1v) is 10.7. The molecule has 5 nitrogen and oxygen atoms in total. The van der Waals surface area contributed by atoms with Crippen molar-refractivity contribution in [3.63, 3.8) is 0 Å². The molecule has 0 atom stereocenters. The molecule has 0 saturated carbocycles. The van der Waals surface area contributed by atoms with Crippen molar-refractivity contribution in [2.24, 2.45) is 5.73 Å². The minimum Gasteiger partial charge on any atom is -0.463 e. The third-order valence-electron chi connectivity index (χ3n) is 3.95. The highest BCUT2D eigenvalue weighted by atomic mass is 35.5. The Bertz CT molecular complexity index is 836. The normalized spacial score (nSPS) is 11.2. The third-order valence-corrected chi connectivity index (χ3v) is 5.01. The summed E-state index contributed by atoms with van der Waals surface area (Å²) in [6.45, 7) is 2.12. The number of carbonyl (C=O) groups is 1. The van der Waals surface area contributed by atoms with Crippen LogP contribution in [0.25, 0.3) is 5.57 Å². The number of unbranched alkanes of at least 4 members (excludes halogenated alkanes) is 1. The Balaban J connectivity index is 2.05. The lowest BCUT2D eigenvalue weighted by Gasteiger charge is -2.10. The van der Waals surface area contributed by atoms with Crippen molar-refractivity contribution in [2.45, 2.75) is 26.2 Å². The minimum atomic E-state index is -0.345. The lowest BCUT2D eigenvalue weighted by atomic mass is 10.00. The monoisotopic (exact) mass is 432 g/mol. The topological polar surface area (TPSA) is 85.4 Å². The van der Waals surface area contributed by atoms with Crippen molar-refractivity contribution in [1.29, 1.82) is 5.41 Å². The van der Waals surface area contributed by atoms with Gasteiger partial charge in [-0.1, -0.05) is 35.5 Å². The highest BCUT2D eigenvalue weighted by Gasteiger charge is 2.07. The van der Waals surface area contributed by atoms with Crippen LogP contribution in [0, 0.1) is 5.41 Å². The summed E-state index contributed by atoms with van der Waals surface area (Å²) in [4.78, 5) is 12.0. The van der Waals surface area contributed by atoms with E-state index in [0.29, 0.717) is 23.1 Å². The lowest BCUT2D eigenvalue weighted by molar-refractivity contribution is -0.137. The van der Waals surface area contributed by atoms with Crippen molar-refractivity contribution < 1.29 is 14.3 Å². The fourth-order valence-electron chi connectivity index (χ4n) is 2.60. The molecule has 2 aromatic carbocycles. The van der Waals surface area contributed by atoms with E-state index in [4.69, 9.17) is 32.2 Å². The Morgan fingerprint density at radius 2 is 1.72 bits per heavy atom. The number of hydrogen-bond donors (Lipinski definition) is 2. The van der Waals surface area contributed by atoms with E-state index in [2.05, 4.69) is 0 Å². The first kappa shape index (κ1) is 22.8. The van der Waals surface area contributed by atoms with Gasteiger partial charge in [0.25, 0.3) is 0 Å². The second kappa shape index (κ2) is 12.2. The number of nitrogens with two attached hydrogens (primary N) is 1. The lowest BCUT2D eigenvalue weighted by Crippen LogP contribution is -2.04. The first-order valence-electron chi connectivity index (χ1n) is 9.36. The number of carbonyl (C=O) groups excluding carboxylic acids is 1. The fraction of sp³-hybridized carbons (Fsp3) is 0.273. The number of esters is 1. The Morgan fingerprint density at radius 3 is 2.31 bits per heavy atom. The predicted molar refractivity (Wildman–Crippen MR) is 121 cm³/mol. The van der Waals surface area contributed by atoms with Crippen molar-refractivity contribution in [1.82, 2.24) is 0 Å². The molecule has 0 aromatic heterocycles. The minimum absolute atomic E-state index is 0.128. The molecule has 154 valence electrons. The average molecular weight is 433 g/mol. The molecule has 0 aliphatic rings. The molecule has 0 radical (unpaired) electrons. The van der Waals surface area contributed by atoms with Crippen molar-refractivity contribution in [2.75, 3.05) is 12.4 Å². The van der Waals surface area contributed by atoms with E-state index < -0.39 is 0 Å². The molecule has 0 aliphatic heterocycles. The Labute approximate surface area is 180 Å². The summed E-state index contributed by atoms with van der Waals surface area (Å²) in [5.41, 5.74) is 7.21. The van der Waals surface area contributed by atoms with Crippen LogP contribution in [0.1, 0.15) is 31.7 Å². The Morgan fingerprint density at radius 1 is 1.10 bits per heavy atom. The van der Waals surface area contributed by atoms with Crippen molar-refractivity contribution >= 4 is 40.1 Å². The number of nitrogens with one attached hydrogen (secondary N) is 1. The molecule has 0 bridgehead atoms. The van der Waals surface area contributed by atoms with Gasteiger partial charge < -0.3 is 15.2 Å². The maximum Gasteiger partial charge on any atom is 0.331 e. The van der Waals surface area contributed by atoms with E-state index in [-0.39, 0.29) is 11.1 Å². The quantitative estimate of drug-likeness (QED) is 0.161. The molecule has 0 aliphatic carbocycles. The highest BCUT2D eigenvalue weighted by Crippen LogP contribution is 2.27. The number of hydrogen-bond acceptors (Lipinski definition) is 5. The summed E-state index contributed by atoms with van der Waals surface area (Å²) >= 11 is 7.22. The fourth-order valence-corrected chi connectivity index (χ4v) is 3.30. The van der Waals surface area contributed by atoms with Gasteiger partial charge in [-0.2, -0.15) is 0 Å². The van der Waals surface area contributed by atoms with Crippen LogP contribution in [0.2, 0.25) is 5.02 Å². The van der Waals surface area contributed by atoms with Gasteiger partial charge >= 0.3 is 5.97 Å². The molecule has 3 N–H and O–H groups in total. The smallest absolute Gasteiger partial charge is 0.331 e. The molecule has 0 fully saturated rings. The van der Waals surface area contributed by atoms with E-state index in [1.54, 1.807) is 37.3 Å². The second-order valence-corrected chi connectivity index (χ2v) is 7.74. The zero-order chi connectivity index (χ0) is 21.1. The molecule has 0 amide bonds. The Kier molecular flexibility index (Phi) is 9.60. The first-order chi connectivity index (χ1) is 14.0. The molecule has 29 heavy (non-hydrogen) atoms.